The molecule has 0 amide bonds. The van der Waals surface area contributed by atoms with Crippen molar-refractivity contribution in [3.63, 3.8) is 0 Å². The lowest BCUT2D eigenvalue weighted by atomic mass is 9.99. The molecule has 0 radical (unpaired) electrons. The Hall–Kier alpha value is -0.280. The van der Waals surface area contributed by atoms with Crippen LogP contribution in [0.2, 0.25) is 0 Å². The molecule has 1 unspecified atom stereocenters. The van der Waals surface area contributed by atoms with Crippen LogP contribution in [0.1, 0.15) is 26.7 Å². The van der Waals surface area contributed by atoms with Gasteiger partial charge in [-0.05, 0) is 6.42 Å². The van der Waals surface area contributed by atoms with E-state index in [1.54, 1.807) is 6.92 Å². The lowest BCUT2D eigenvalue weighted by Crippen LogP contribution is -2.34. The van der Waals surface area contributed by atoms with Gasteiger partial charge in [-0.15, -0.1) is 0 Å². The van der Waals surface area contributed by atoms with Crippen LogP contribution in [0.5, 0.6) is 0 Å². The second-order valence-corrected chi connectivity index (χ2v) is 2.66. The van der Waals surface area contributed by atoms with E-state index in [9.17, 15) is 17.6 Å². The molecule has 0 aromatic carbocycles. The number of alkyl halides is 4. The van der Waals surface area contributed by atoms with Crippen molar-refractivity contribution in [2.24, 2.45) is 5.92 Å². The zero-order chi connectivity index (χ0) is 9.07. The SMILES string of the molecule is CCCC(C)C(F)(F)C(F)F. The van der Waals surface area contributed by atoms with Crippen molar-refractivity contribution in [2.45, 2.75) is 39.0 Å². The van der Waals surface area contributed by atoms with Gasteiger partial charge in [0.05, 0.1) is 0 Å². The van der Waals surface area contributed by atoms with Gasteiger partial charge in [-0.1, -0.05) is 20.3 Å². The molecule has 0 heterocycles. The summed E-state index contributed by atoms with van der Waals surface area (Å²) in [5, 5.41) is 0. The predicted molar refractivity (Wildman–Crippen MR) is 35.0 cm³/mol. The van der Waals surface area contributed by atoms with E-state index in [2.05, 4.69) is 0 Å². The van der Waals surface area contributed by atoms with Crippen LogP contribution in [0, 0.1) is 5.92 Å². The molecule has 0 saturated heterocycles. The van der Waals surface area contributed by atoms with Crippen molar-refractivity contribution < 1.29 is 17.6 Å². The maximum atomic E-state index is 12.4. The summed E-state index contributed by atoms with van der Waals surface area (Å²) in [4.78, 5) is 0. The minimum absolute atomic E-state index is 0.136. The summed E-state index contributed by atoms with van der Waals surface area (Å²) in [6, 6.07) is 0. The Labute approximate surface area is 63.6 Å². The van der Waals surface area contributed by atoms with Crippen LogP contribution in [-0.2, 0) is 0 Å². The van der Waals surface area contributed by atoms with Gasteiger partial charge in [-0.3, -0.25) is 0 Å². The van der Waals surface area contributed by atoms with Gasteiger partial charge in [-0.2, -0.15) is 8.78 Å². The molecule has 11 heavy (non-hydrogen) atoms. The molecule has 0 nitrogen and oxygen atoms in total. The molecule has 0 aliphatic rings. The molecular formula is C7H12F4. The minimum Gasteiger partial charge on any atom is -0.204 e. The van der Waals surface area contributed by atoms with E-state index in [4.69, 9.17) is 0 Å². The highest BCUT2D eigenvalue weighted by Gasteiger charge is 2.45. The third-order valence-electron chi connectivity index (χ3n) is 1.67. The average molecular weight is 172 g/mol. The maximum absolute atomic E-state index is 12.4. The lowest BCUT2D eigenvalue weighted by molar-refractivity contribution is -0.162. The Kier molecular flexibility index (Phi) is 3.83. The first kappa shape index (κ1) is 10.7. The lowest BCUT2D eigenvalue weighted by Gasteiger charge is -2.21. The summed E-state index contributed by atoms with van der Waals surface area (Å²) in [5.41, 5.74) is 0. The standard InChI is InChI=1S/C7H12F4/c1-3-4-5(2)7(10,11)6(8)9/h5-6H,3-4H2,1-2H3. The zero-order valence-corrected chi connectivity index (χ0v) is 6.58. The van der Waals surface area contributed by atoms with Gasteiger partial charge in [0.1, 0.15) is 0 Å². The molecule has 0 rings (SSSR count). The molecule has 0 aliphatic heterocycles. The molecule has 0 saturated carbocycles. The van der Waals surface area contributed by atoms with Gasteiger partial charge < -0.3 is 0 Å². The molecule has 0 N–H and O–H groups in total. The highest BCUT2D eigenvalue weighted by molar-refractivity contribution is 4.75. The summed E-state index contributed by atoms with van der Waals surface area (Å²) >= 11 is 0. The quantitative estimate of drug-likeness (QED) is 0.570. The predicted octanol–water partition coefficient (Wildman–Crippen LogP) is 3.32. The fourth-order valence-electron chi connectivity index (χ4n) is 0.841. The largest absolute Gasteiger partial charge is 0.309 e. The van der Waals surface area contributed by atoms with E-state index < -0.39 is 18.3 Å². The first-order valence-corrected chi connectivity index (χ1v) is 3.58. The highest BCUT2D eigenvalue weighted by atomic mass is 19.3. The van der Waals surface area contributed by atoms with Gasteiger partial charge in [-0.25, -0.2) is 8.78 Å². The number of rotatable bonds is 4. The Morgan fingerprint density at radius 1 is 1.27 bits per heavy atom. The molecular weight excluding hydrogens is 160 g/mol. The van der Waals surface area contributed by atoms with Crippen LogP contribution in [0.3, 0.4) is 0 Å². The van der Waals surface area contributed by atoms with Crippen molar-refractivity contribution in [3.8, 4) is 0 Å². The maximum Gasteiger partial charge on any atom is 0.309 e. The second-order valence-electron chi connectivity index (χ2n) is 2.66. The third-order valence-corrected chi connectivity index (χ3v) is 1.67. The number of hydrogen-bond acceptors (Lipinski definition) is 0. The summed E-state index contributed by atoms with van der Waals surface area (Å²) in [5.74, 6) is -5.05. The molecule has 1 atom stereocenters. The van der Waals surface area contributed by atoms with Crippen LogP contribution < -0.4 is 0 Å². The van der Waals surface area contributed by atoms with E-state index in [-0.39, 0.29) is 6.42 Å². The van der Waals surface area contributed by atoms with E-state index in [0.29, 0.717) is 6.42 Å². The van der Waals surface area contributed by atoms with Crippen molar-refractivity contribution in [2.75, 3.05) is 0 Å². The minimum atomic E-state index is -3.82. The zero-order valence-electron chi connectivity index (χ0n) is 6.58. The first-order valence-electron chi connectivity index (χ1n) is 3.58. The topological polar surface area (TPSA) is 0 Å². The summed E-state index contributed by atoms with van der Waals surface area (Å²) < 4.78 is 48.0. The number of halogens is 4. The van der Waals surface area contributed by atoms with E-state index >= 15 is 0 Å². The molecule has 68 valence electrons. The van der Waals surface area contributed by atoms with Crippen LogP contribution in [0.25, 0.3) is 0 Å². The molecule has 0 spiro atoms. The summed E-state index contributed by atoms with van der Waals surface area (Å²) in [7, 11) is 0. The summed E-state index contributed by atoms with van der Waals surface area (Å²) in [6.07, 6.45) is -2.90. The highest BCUT2D eigenvalue weighted by Crippen LogP contribution is 2.33. The van der Waals surface area contributed by atoms with E-state index in [1.165, 1.54) is 0 Å². The first-order chi connectivity index (χ1) is 4.92. The van der Waals surface area contributed by atoms with Crippen molar-refractivity contribution in [1.82, 2.24) is 0 Å². The molecule has 4 heteroatoms. The fraction of sp³-hybridized carbons (Fsp3) is 1.00. The van der Waals surface area contributed by atoms with Crippen molar-refractivity contribution >= 4 is 0 Å². The Morgan fingerprint density at radius 2 is 1.73 bits per heavy atom. The molecule has 0 fully saturated rings. The van der Waals surface area contributed by atoms with Crippen LogP contribution in [0.15, 0.2) is 0 Å². The van der Waals surface area contributed by atoms with E-state index in [0.717, 1.165) is 6.92 Å². The molecule has 0 aromatic heterocycles. The fourth-order valence-corrected chi connectivity index (χ4v) is 0.841. The van der Waals surface area contributed by atoms with Gasteiger partial charge >= 0.3 is 12.3 Å². The van der Waals surface area contributed by atoms with Crippen molar-refractivity contribution in [1.29, 1.82) is 0 Å². The second kappa shape index (κ2) is 3.93. The van der Waals surface area contributed by atoms with Gasteiger partial charge in [0, 0.05) is 5.92 Å². The van der Waals surface area contributed by atoms with E-state index in [1.807, 2.05) is 0 Å². The molecule has 0 aliphatic carbocycles. The normalized spacial score (nSPS) is 15.5. The van der Waals surface area contributed by atoms with Crippen LogP contribution in [0.4, 0.5) is 17.6 Å². The Morgan fingerprint density at radius 3 is 2.00 bits per heavy atom. The molecule has 0 aromatic rings. The van der Waals surface area contributed by atoms with Crippen LogP contribution in [-0.4, -0.2) is 12.3 Å². The monoisotopic (exact) mass is 172 g/mol. The van der Waals surface area contributed by atoms with Gasteiger partial charge in [0.2, 0.25) is 0 Å². The van der Waals surface area contributed by atoms with Crippen molar-refractivity contribution in [3.05, 3.63) is 0 Å². The third kappa shape index (κ3) is 2.67. The van der Waals surface area contributed by atoms with Gasteiger partial charge in [0.15, 0.2) is 0 Å². The average Bonchev–Trinajstić information content (AvgIpc) is 1.88. The molecule has 0 bridgehead atoms. The van der Waals surface area contributed by atoms with Gasteiger partial charge in [0.25, 0.3) is 0 Å². The Bertz CT molecular complexity index is 111. The number of hydrogen-bond donors (Lipinski definition) is 0. The summed E-state index contributed by atoms with van der Waals surface area (Å²) in [6.45, 7) is 2.84. The smallest absolute Gasteiger partial charge is 0.204 e. The van der Waals surface area contributed by atoms with Crippen LogP contribution >= 0.6 is 0 Å². The Balaban J connectivity index is 4.05.